The summed E-state index contributed by atoms with van der Waals surface area (Å²) in [5, 5.41) is 11.4. The largest absolute Gasteiger partial charge is 0.494 e. The summed E-state index contributed by atoms with van der Waals surface area (Å²) in [6, 6.07) is 16.4. The van der Waals surface area contributed by atoms with Crippen LogP contribution in [-0.2, 0) is 0 Å². The number of hydrogen-bond donors (Lipinski definition) is 1. The van der Waals surface area contributed by atoms with Crippen molar-refractivity contribution in [3.63, 3.8) is 0 Å². The van der Waals surface area contributed by atoms with Crippen LogP contribution >= 0.6 is 11.6 Å². The zero-order valence-electron chi connectivity index (χ0n) is 18.4. The lowest BCUT2D eigenvalue weighted by Gasteiger charge is -2.27. The number of halogens is 1. The first-order chi connectivity index (χ1) is 15.2. The van der Waals surface area contributed by atoms with Gasteiger partial charge in [0.1, 0.15) is 5.75 Å². The van der Waals surface area contributed by atoms with E-state index < -0.39 is 6.10 Å². The maximum absolute atomic E-state index is 10.7. The number of likely N-dealkylation sites (tertiary alicyclic amines) is 2. The fourth-order valence-corrected chi connectivity index (χ4v) is 5.03. The molecule has 2 aliphatic rings. The predicted molar refractivity (Wildman–Crippen MR) is 127 cm³/mol. The molecule has 168 valence electrons. The Balaban J connectivity index is 1.30. The second-order valence-corrected chi connectivity index (χ2v) is 9.33. The van der Waals surface area contributed by atoms with E-state index >= 15 is 0 Å². The van der Waals surface area contributed by atoms with Crippen LogP contribution in [0.25, 0.3) is 0 Å². The van der Waals surface area contributed by atoms with Gasteiger partial charge in [-0.1, -0.05) is 42.3 Å². The van der Waals surface area contributed by atoms with Crippen LogP contribution in [0.1, 0.15) is 61.8 Å². The minimum absolute atomic E-state index is 0.332. The maximum atomic E-state index is 10.7. The summed E-state index contributed by atoms with van der Waals surface area (Å²) in [6.07, 6.45) is 6.90. The van der Waals surface area contributed by atoms with Gasteiger partial charge >= 0.3 is 0 Å². The highest BCUT2D eigenvalue weighted by Crippen LogP contribution is 2.35. The number of hydrogen-bond acceptors (Lipinski definition) is 4. The molecule has 0 bridgehead atoms. The van der Waals surface area contributed by atoms with E-state index in [1.165, 1.54) is 37.9 Å². The first kappa shape index (κ1) is 22.6. The molecule has 2 aromatic rings. The zero-order chi connectivity index (χ0) is 21.5. The summed E-state index contributed by atoms with van der Waals surface area (Å²) < 4.78 is 6.09. The highest BCUT2D eigenvalue weighted by Gasteiger charge is 2.28. The summed E-state index contributed by atoms with van der Waals surface area (Å²) in [4.78, 5) is 4.96. The van der Waals surface area contributed by atoms with Crippen LogP contribution in [0.2, 0.25) is 5.02 Å². The predicted octanol–water partition coefficient (Wildman–Crippen LogP) is 5.47. The van der Waals surface area contributed by atoms with Crippen LogP contribution in [0.4, 0.5) is 0 Å². The first-order valence-corrected chi connectivity index (χ1v) is 12.2. The maximum Gasteiger partial charge on any atom is 0.119 e. The number of rotatable bonds is 9. The molecule has 2 aromatic carbocycles. The lowest BCUT2D eigenvalue weighted by molar-refractivity contribution is 0.106. The molecule has 1 N–H and O–H groups in total. The fourth-order valence-electron chi connectivity index (χ4n) is 4.91. The van der Waals surface area contributed by atoms with E-state index in [0.29, 0.717) is 17.6 Å². The normalized spacial score (nSPS) is 21.3. The standard InChI is InChI=1S/C26H35ClN2O2/c27-23-12-10-21(11-13-23)26(30)20-29-17-5-9-25(29)22-7-4-8-24(19-22)31-18-6-16-28-14-2-1-3-15-28/h4,7-8,10-13,19,25-26,30H,1-3,5-6,9,14-18,20H2. The summed E-state index contributed by atoms with van der Waals surface area (Å²) in [6.45, 7) is 6.04. The molecule has 4 rings (SSSR count). The molecule has 0 amide bonds. The Kier molecular flexibility index (Phi) is 8.26. The molecule has 2 aliphatic heterocycles. The molecule has 2 fully saturated rings. The topological polar surface area (TPSA) is 35.9 Å². The number of piperidine rings is 1. The lowest BCUT2D eigenvalue weighted by Crippen LogP contribution is -2.31. The van der Waals surface area contributed by atoms with Crippen molar-refractivity contribution in [2.24, 2.45) is 0 Å². The van der Waals surface area contributed by atoms with Crippen LogP contribution in [0.5, 0.6) is 5.75 Å². The Morgan fingerprint density at radius 1 is 1.00 bits per heavy atom. The summed E-state index contributed by atoms with van der Waals surface area (Å²) >= 11 is 5.98. The van der Waals surface area contributed by atoms with E-state index in [-0.39, 0.29) is 0 Å². The number of benzene rings is 2. The van der Waals surface area contributed by atoms with Gasteiger partial charge in [0, 0.05) is 24.2 Å². The number of nitrogens with zero attached hydrogens (tertiary/aromatic N) is 2. The second kappa shape index (κ2) is 11.3. The van der Waals surface area contributed by atoms with Gasteiger partial charge in [0.25, 0.3) is 0 Å². The highest BCUT2D eigenvalue weighted by molar-refractivity contribution is 6.30. The van der Waals surface area contributed by atoms with Gasteiger partial charge < -0.3 is 14.7 Å². The molecule has 4 nitrogen and oxygen atoms in total. The molecule has 0 spiro atoms. The van der Waals surface area contributed by atoms with Crippen molar-refractivity contribution in [3.8, 4) is 5.75 Å². The Hall–Kier alpha value is -1.59. The van der Waals surface area contributed by atoms with Gasteiger partial charge in [0.15, 0.2) is 0 Å². The molecular formula is C26H35ClN2O2. The number of aliphatic hydroxyl groups is 1. The molecule has 2 unspecified atom stereocenters. The van der Waals surface area contributed by atoms with Gasteiger partial charge in [0.2, 0.25) is 0 Å². The van der Waals surface area contributed by atoms with E-state index in [1.807, 2.05) is 24.3 Å². The van der Waals surface area contributed by atoms with Crippen molar-refractivity contribution < 1.29 is 9.84 Å². The van der Waals surface area contributed by atoms with E-state index in [9.17, 15) is 5.11 Å². The van der Waals surface area contributed by atoms with Crippen molar-refractivity contribution >= 4 is 11.6 Å². The van der Waals surface area contributed by atoms with Crippen molar-refractivity contribution in [1.29, 1.82) is 0 Å². The molecule has 31 heavy (non-hydrogen) atoms. The molecule has 5 heteroatoms. The van der Waals surface area contributed by atoms with Crippen molar-refractivity contribution in [3.05, 3.63) is 64.7 Å². The Bertz CT molecular complexity index is 807. The van der Waals surface area contributed by atoms with Crippen molar-refractivity contribution in [1.82, 2.24) is 9.80 Å². The molecule has 2 atom stereocenters. The molecule has 0 radical (unpaired) electrons. The van der Waals surface area contributed by atoms with Crippen molar-refractivity contribution in [2.45, 2.75) is 50.7 Å². The molecular weight excluding hydrogens is 408 g/mol. The minimum atomic E-state index is -0.507. The van der Waals surface area contributed by atoms with Gasteiger partial charge in [-0.05, 0) is 87.1 Å². The third-order valence-corrected chi connectivity index (χ3v) is 6.86. The van der Waals surface area contributed by atoms with E-state index in [4.69, 9.17) is 16.3 Å². The summed E-state index contributed by atoms with van der Waals surface area (Å²) in [5.41, 5.74) is 2.20. The SMILES string of the molecule is OC(CN1CCCC1c1cccc(OCCCN2CCCCC2)c1)c1ccc(Cl)cc1. The smallest absolute Gasteiger partial charge is 0.119 e. The quantitative estimate of drug-likeness (QED) is 0.522. The summed E-state index contributed by atoms with van der Waals surface area (Å²) in [7, 11) is 0. The zero-order valence-corrected chi connectivity index (χ0v) is 19.1. The van der Waals surface area contributed by atoms with Gasteiger partial charge in [-0.25, -0.2) is 0 Å². The average molecular weight is 443 g/mol. The number of β-amino-alcohol motifs (C(OH)–C–C–N with tert-alkyl or cyclic N) is 1. The van der Waals surface area contributed by atoms with Crippen LogP contribution in [-0.4, -0.2) is 54.2 Å². The summed E-state index contributed by atoms with van der Waals surface area (Å²) in [5.74, 6) is 0.959. The number of aliphatic hydroxyl groups excluding tert-OH is 1. The monoisotopic (exact) mass is 442 g/mol. The third-order valence-electron chi connectivity index (χ3n) is 6.60. The van der Waals surface area contributed by atoms with Crippen LogP contribution in [0.3, 0.4) is 0 Å². The van der Waals surface area contributed by atoms with Crippen molar-refractivity contribution in [2.75, 3.05) is 39.3 Å². The van der Waals surface area contributed by atoms with E-state index in [1.54, 1.807) is 0 Å². The van der Waals surface area contributed by atoms with Gasteiger partial charge in [-0.2, -0.15) is 0 Å². The Morgan fingerprint density at radius 3 is 2.61 bits per heavy atom. The van der Waals surface area contributed by atoms with E-state index in [2.05, 4.69) is 34.1 Å². The molecule has 0 aromatic heterocycles. The van der Waals surface area contributed by atoms with Gasteiger partial charge in [-0.15, -0.1) is 0 Å². The lowest BCUT2D eigenvalue weighted by atomic mass is 10.0. The van der Waals surface area contributed by atoms with Crippen LogP contribution in [0, 0.1) is 0 Å². The number of ether oxygens (including phenoxy) is 1. The molecule has 2 heterocycles. The minimum Gasteiger partial charge on any atom is -0.494 e. The Labute approximate surface area is 191 Å². The van der Waals surface area contributed by atoms with Gasteiger partial charge in [-0.3, -0.25) is 4.90 Å². The fraction of sp³-hybridized carbons (Fsp3) is 0.538. The van der Waals surface area contributed by atoms with Crippen LogP contribution < -0.4 is 4.74 Å². The van der Waals surface area contributed by atoms with Crippen LogP contribution in [0.15, 0.2) is 48.5 Å². The molecule has 0 aliphatic carbocycles. The Morgan fingerprint density at radius 2 is 1.81 bits per heavy atom. The highest BCUT2D eigenvalue weighted by atomic mass is 35.5. The third kappa shape index (κ3) is 6.45. The second-order valence-electron chi connectivity index (χ2n) is 8.90. The average Bonchev–Trinajstić information content (AvgIpc) is 3.26. The van der Waals surface area contributed by atoms with Gasteiger partial charge in [0.05, 0.1) is 12.7 Å². The first-order valence-electron chi connectivity index (χ1n) is 11.8. The van der Waals surface area contributed by atoms with E-state index in [0.717, 1.165) is 50.3 Å². The molecule has 2 saturated heterocycles. The molecule has 0 saturated carbocycles.